The summed E-state index contributed by atoms with van der Waals surface area (Å²) in [6.07, 6.45) is -4.91. The van der Waals surface area contributed by atoms with Crippen molar-refractivity contribution in [1.82, 2.24) is 9.13 Å². The molecular weight excluding hydrogens is 1150 g/mol. The number of alkyl halides is 3. The van der Waals surface area contributed by atoms with Crippen LogP contribution in [0.3, 0.4) is 0 Å². The Bertz CT molecular complexity index is 5640. The first-order valence-electron chi connectivity index (χ1n) is 28.0. The lowest BCUT2D eigenvalue weighted by molar-refractivity contribution is -0.137. The maximum absolute atomic E-state index is 15.4. The molecule has 2 aromatic heterocycles. The summed E-state index contributed by atoms with van der Waals surface area (Å²) in [6.45, 7) is 0. The van der Waals surface area contributed by atoms with Gasteiger partial charge < -0.3 is 9.13 Å². The lowest BCUT2D eigenvalue weighted by atomic mass is 9.93. The van der Waals surface area contributed by atoms with Crippen molar-refractivity contribution in [3.05, 3.63) is 261 Å². The van der Waals surface area contributed by atoms with Crippen molar-refractivity contribution in [3.8, 4) is 139 Å². The van der Waals surface area contributed by atoms with E-state index in [9.17, 15) is 52.6 Å². The Morgan fingerprint density at radius 3 is 0.793 bits per heavy atom. The Balaban J connectivity index is 1.14. The third kappa shape index (κ3) is 9.52. The number of nitriles is 10. The zero-order chi connectivity index (χ0) is 64.1. The Morgan fingerprint density at radius 2 is 0.489 bits per heavy atom. The highest BCUT2D eigenvalue weighted by Crippen LogP contribution is 2.47. The van der Waals surface area contributed by atoms with Gasteiger partial charge in [-0.05, 0) is 183 Å². The second-order valence-electron chi connectivity index (χ2n) is 21.5. The summed E-state index contributed by atoms with van der Waals surface area (Å²) in [7, 11) is 0. The Morgan fingerprint density at radius 1 is 0.239 bits per heavy atom. The number of halogens is 3. The van der Waals surface area contributed by atoms with Gasteiger partial charge in [0, 0.05) is 32.7 Å². The highest BCUT2D eigenvalue weighted by Gasteiger charge is 2.35. The lowest BCUT2D eigenvalue weighted by Gasteiger charge is -2.21. The van der Waals surface area contributed by atoms with Crippen LogP contribution in [-0.2, 0) is 6.18 Å². The molecule has 0 atom stereocenters. The second-order valence-corrected chi connectivity index (χ2v) is 21.5. The van der Waals surface area contributed by atoms with Crippen molar-refractivity contribution in [2.24, 2.45) is 0 Å². The number of nitrogens with zero attached hydrogens (tertiary/aromatic N) is 12. The summed E-state index contributed by atoms with van der Waals surface area (Å²) in [4.78, 5) is 0. The molecule has 0 N–H and O–H groups in total. The van der Waals surface area contributed by atoms with Crippen molar-refractivity contribution in [2.75, 3.05) is 0 Å². The largest absolute Gasteiger partial charge is 0.417 e. The molecule has 12 nitrogen and oxygen atoms in total. The molecule has 0 amide bonds. The van der Waals surface area contributed by atoms with Gasteiger partial charge >= 0.3 is 6.18 Å². The first kappa shape index (κ1) is 56.8. The summed E-state index contributed by atoms with van der Waals surface area (Å²) >= 11 is 0. The fourth-order valence-electron chi connectivity index (χ4n) is 12.3. The number of rotatable bonds is 8. The van der Waals surface area contributed by atoms with Crippen LogP contribution in [0.2, 0.25) is 0 Å². The maximum atomic E-state index is 15.4. The molecule has 0 saturated heterocycles. The average molecular weight is 1180 g/mol. The number of benzene rings is 11. The number of aromatic nitrogens is 2. The zero-order valence-electron chi connectivity index (χ0n) is 47.6. The normalized spacial score (nSPS) is 10.9. The summed E-state index contributed by atoms with van der Waals surface area (Å²) in [6, 6.07) is 76.5. The fourth-order valence-corrected chi connectivity index (χ4v) is 12.3. The first-order chi connectivity index (χ1) is 44.7. The van der Waals surface area contributed by atoms with Crippen LogP contribution >= 0.6 is 0 Å². The van der Waals surface area contributed by atoms with Crippen LogP contribution in [0.4, 0.5) is 13.2 Å². The predicted molar refractivity (Wildman–Crippen MR) is 340 cm³/mol. The van der Waals surface area contributed by atoms with Gasteiger partial charge in [-0.1, -0.05) is 72.8 Å². The highest BCUT2D eigenvalue weighted by atomic mass is 19.4. The van der Waals surface area contributed by atoms with E-state index in [1.165, 1.54) is 36.4 Å². The molecule has 11 aromatic carbocycles. The molecule has 15 heteroatoms. The summed E-state index contributed by atoms with van der Waals surface area (Å²) in [5.41, 5.74) is 9.74. The molecule has 0 spiro atoms. The third-order valence-electron chi connectivity index (χ3n) is 16.5. The van der Waals surface area contributed by atoms with Crippen LogP contribution in [0, 0.1) is 113 Å². The number of hydrogen-bond acceptors (Lipinski definition) is 10. The highest BCUT2D eigenvalue weighted by molar-refractivity contribution is 6.14. The molecule has 0 saturated carbocycles. The average Bonchev–Trinajstić information content (AvgIpc) is 1.55. The van der Waals surface area contributed by atoms with Crippen molar-refractivity contribution < 1.29 is 13.2 Å². The molecule has 92 heavy (non-hydrogen) atoms. The summed E-state index contributed by atoms with van der Waals surface area (Å²) in [5, 5.41) is 104. The van der Waals surface area contributed by atoms with Crippen molar-refractivity contribution in [1.29, 1.82) is 52.6 Å². The molecule has 422 valence electrons. The van der Waals surface area contributed by atoms with Crippen LogP contribution in [0.5, 0.6) is 0 Å². The minimum absolute atomic E-state index is 0.127. The zero-order valence-corrected chi connectivity index (χ0v) is 47.6. The molecule has 0 aliphatic rings. The van der Waals surface area contributed by atoms with Crippen LogP contribution in [0.15, 0.2) is 200 Å². The lowest BCUT2D eigenvalue weighted by Crippen LogP contribution is -2.08. The van der Waals surface area contributed by atoms with Gasteiger partial charge in [-0.15, -0.1) is 0 Å². The van der Waals surface area contributed by atoms with E-state index in [2.05, 4.69) is 54.6 Å². The maximum Gasteiger partial charge on any atom is 0.417 e. The molecule has 0 aliphatic heterocycles. The molecule has 0 fully saturated rings. The van der Waals surface area contributed by atoms with E-state index in [-0.39, 0.29) is 55.6 Å². The third-order valence-corrected chi connectivity index (χ3v) is 16.5. The number of hydrogen-bond donors (Lipinski definition) is 0. The van der Waals surface area contributed by atoms with Gasteiger partial charge in [0.05, 0.1) is 155 Å². The summed E-state index contributed by atoms with van der Waals surface area (Å²) < 4.78 is 50.0. The van der Waals surface area contributed by atoms with Crippen molar-refractivity contribution >= 4 is 43.6 Å². The standard InChI is InChI=1S/C77H33F3N12/c78-77(79,80)70-27-48(38-85)5-16-63(70)54-7-18-65(76(33-54)92-73-21-10-52(61-14-3-46(36-83)25-57(61)42-89)31-68(73)69-32-53(11-22-74(69)92)62-15-4-47(37-84)26-58(62)43-90)64-17-6-49(39-86)28-75(64)91-71-19-8-50(59-12-1-44(34-81)23-55(59)40-87)29-66(71)67-30-51(9-20-72(67)91)60-13-2-45(35-82)24-56(60)41-88/h1-33H. The predicted octanol–water partition coefficient (Wildman–Crippen LogP) is 17.6. The minimum Gasteiger partial charge on any atom is -0.309 e. The van der Waals surface area contributed by atoms with Crippen LogP contribution in [0.1, 0.15) is 61.2 Å². The van der Waals surface area contributed by atoms with Crippen LogP contribution < -0.4 is 0 Å². The SMILES string of the molecule is N#Cc1ccc(-c2ccc3c(c2)c2cc(-c4ccc(C#N)cc4C#N)ccc2n3-c2cc(C#N)ccc2-c2ccc(-c3ccc(C#N)cc3C(F)(F)F)cc2-n2c3ccc(-c4ccc(C#N)cc4C#N)cc3c3cc(-c4ccc(C#N)cc4C#N)ccc32)c(C#N)c1. The quantitative estimate of drug-likeness (QED) is 0.139. The van der Waals surface area contributed by atoms with Crippen molar-refractivity contribution in [3.63, 3.8) is 0 Å². The van der Waals surface area contributed by atoms with E-state index in [4.69, 9.17) is 0 Å². The Hall–Kier alpha value is -14.3. The Labute approximate surface area is 522 Å². The van der Waals surface area contributed by atoms with Crippen LogP contribution in [0.25, 0.3) is 122 Å². The van der Waals surface area contributed by atoms with Gasteiger partial charge in [0.15, 0.2) is 0 Å². The van der Waals surface area contributed by atoms with E-state index in [0.717, 1.165) is 6.07 Å². The van der Waals surface area contributed by atoms with Gasteiger partial charge in [0.25, 0.3) is 0 Å². The van der Waals surface area contributed by atoms with E-state index in [0.29, 0.717) is 122 Å². The van der Waals surface area contributed by atoms with Gasteiger partial charge in [0.2, 0.25) is 0 Å². The fraction of sp³-hybridized carbons (Fsp3) is 0.0130. The van der Waals surface area contributed by atoms with Crippen LogP contribution in [-0.4, -0.2) is 9.13 Å². The summed E-state index contributed by atoms with van der Waals surface area (Å²) in [5.74, 6) is 0. The van der Waals surface area contributed by atoms with E-state index < -0.39 is 11.7 Å². The monoisotopic (exact) mass is 1180 g/mol. The molecule has 13 aromatic rings. The molecular formula is C77H33F3N12. The van der Waals surface area contributed by atoms with E-state index in [1.54, 1.807) is 84.9 Å². The van der Waals surface area contributed by atoms with Gasteiger partial charge in [-0.2, -0.15) is 65.8 Å². The molecule has 13 rings (SSSR count). The van der Waals surface area contributed by atoms with E-state index in [1.807, 2.05) is 88.0 Å². The van der Waals surface area contributed by atoms with Gasteiger partial charge in [-0.25, -0.2) is 0 Å². The number of fused-ring (bicyclic) bond motifs is 6. The molecule has 0 unspecified atom stereocenters. The minimum atomic E-state index is -4.91. The second kappa shape index (κ2) is 22.5. The van der Waals surface area contributed by atoms with Gasteiger partial charge in [0.1, 0.15) is 0 Å². The molecule has 0 radical (unpaired) electrons. The molecule has 0 bridgehead atoms. The molecule has 2 heterocycles. The Kier molecular flexibility index (Phi) is 13.9. The van der Waals surface area contributed by atoms with E-state index >= 15 is 13.2 Å². The van der Waals surface area contributed by atoms with Gasteiger partial charge in [-0.3, -0.25) is 0 Å². The molecule has 0 aliphatic carbocycles. The topological polar surface area (TPSA) is 248 Å². The first-order valence-corrected chi connectivity index (χ1v) is 28.0. The van der Waals surface area contributed by atoms with Crippen molar-refractivity contribution in [2.45, 2.75) is 6.18 Å². The smallest absolute Gasteiger partial charge is 0.309 e.